The van der Waals surface area contributed by atoms with E-state index in [1.165, 1.54) is 0 Å². The molecule has 0 saturated carbocycles. The summed E-state index contributed by atoms with van der Waals surface area (Å²) in [5, 5.41) is 8.12. The van der Waals surface area contributed by atoms with E-state index in [9.17, 15) is 4.79 Å². The second kappa shape index (κ2) is 7.98. The van der Waals surface area contributed by atoms with Gasteiger partial charge in [0.25, 0.3) is 5.91 Å². The molecule has 0 bridgehead atoms. The van der Waals surface area contributed by atoms with Gasteiger partial charge in [0, 0.05) is 36.3 Å². The number of nitrogens with one attached hydrogen (secondary N) is 1. The first-order valence-corrected chi connectivity index (χ1v) is 9.02. The second-order valence-corrected chi connectivity index (χ2v) is 6.79. The molecule has 0 aliphatic heterocycles. The summed E-state index contributed by atoms with van der Waals surface area (Å²) in [6, 6.07) is 13.5. The molecule has 25 heavy (non-hydrogen) atoms. The quantitative estimate of drug-likeness (QED) is 0.689. The highest BCUT2D eigenvalue weighted by atomic mass is 32.2. The smallest absolute Gasteiger partial charge is 0.251 e. The van der Waals surface area contributed by atoms with Crippen molar-refractivity contribution in [3.8, 4) is 0 Å². The fraction of sp³-hybridized carbons (Fsp3) is 0.211. The number of aryl methyl sites for hydroxylation is 1. The van der Waals surface area contributed by atoms with Gasteiger partial charge in [0.05, 0.1) is 17.3 Å². The van der Waals surface area contributed by atoms with Crippen molar-refractivity contribution in [3.63, 3.8) is 0 Å². The molecular formula is C19H20N4OS. The molecule has 3 rings (SSSR count). The molecule has 2 heterocycles. The fourth-order valence-electron chi connectivity index (χ4n) is 2.37. The lowest BCUT2D eigenvalue weighted by Gasteiger charge is -2.12. The third-order valence-electron chi connectivity index (χ3n) is 3.81. The molecular weight excluding hydrogens is 332 g/mol. The summed E-state index contributed by atoms with van der Waals surface area (Å²) in [4.78, 5) is 16.7. The first kappa shape index (κ1) is 17.2. The van der Waals surface area contributed by atoms with Gasteiger partial charge in [0.1, 0.15) is 0 Å². The van der Waals surface area contributed by atoms with Crippen LogP contribution in [-0.2, 0) is 12.8 Å². The highest BCUT2D eigenvalue weighted by Crippen LogP contribution is 2.20. The van der Waals surface area contributed by atoms with E-state index >= 15 is 0 Å². The van der Waals surface area contributed by atoms with Gasteiger partial charge in [0.15, 0.2) is 0 Å². The second-order valence-electron chi connectivity index (χ2n) is 5.80. The van der Waals surface area contributed by atoms with Crippen LogP contribution in [0.1, 0.15) is 34.5 Å². The summed E-state index contributed by atoms with van der Waals surface area (Å²) in [7, 11) is 1.86. The molecule has 6 heteroatoms. The lowest BCUT2D eigenvalue weighted by molar-refractivity contribution is 0.0940. The molecule has 1 N–H and O–H groups in total. The SMILES string of the molecule is C[C@H](NC(=O)c1ccc(CSc2ccccn2)cc1)c1cnn(C)c1. The summed E-state index contributed by atoms with van der Waals surface area (Å²) in [6.45, 7) is 1.95. The highest BCUT2D eigenvalue weighted by Gasteiger charge is 2.12. The first-order valence-electron chi connectivity index (χ1n) is 8.04. The van der Waals surface area contributed by atoms with Gasteiger partial charge in [-0.1, -0.05) is 18.2 Å². The highest BCUT2D eigenvalue weighted by molar-refractivity contribution is 7.98. The number of hydrogen-bond acceptors (Lipinski definition) is 4. The Kier molecular flexibility index (Phi) is 5.50. The minimum Gasteiger partial charge on any atom is -0.345 e. The molecule has 1 amide bonds. The molecule has 128 valence electrons. The predicted molar refractivity (Wildman–Crippen MR) is 99.3 cm³/mol. The van der Waals surface area contributed by atoms with Crippen molar-refractivity contribution >= 4 is 17.7 Å². The van der Waals surface area contributed by atoms with Crippen molar-refractivity contribution < 1.29 is 4.79 Å². The van der Waals surface area contributed by atoms with E-state index in [0.29, 0.717) is 5.56 Å². The number of carbonyl (C=O) groups is 1. The molecule has 0 radical (unpaired) electrons. The van der Waals surface area contributed by atoms with Crippen molar-refractivity contribution in [2.75, 3.05) is 0 Å². The van der Waals surface area contributed by atoms with Crippen LogP contribution in [0.25, 0.3) is 0 Å². The van der Waals surface area contributed by atoms with E-state index in [4.69, 9.17) is 0 Å². The maximum atomic E-state index is 12.4. The third kappa shape index (κ3) is 4.70. The zero-order valence-corrected chi connectivity index (χ0v) is 15.0. The van der Waals surface area contributed by atoms with Crippen LogP contribution < -0.4 is 5.32 Å². The molecule has 1 aromatic carbocycles. The van der Waals surface area contributed by atoms with Crippen molar-refractivity contribution in [2.45, 2.75) is 23.7 Å². The van der Waals surface area contributed by atoms with Gasteiger partial charge >= 0.3 is 0 Å². The van der Waals surface area contributed by atoms with Crippen LogP contribution in [0.3, 0.4) is 0 Å². The Morgan fingerprint density at radius 3 is 2.68 bits per heavy atom. The molecule has 0 unspecified atom stereocenters. The summed E-state index contributed by atoms with van der Waals surface area (Å²) >= 11 is 1.68. The number of nitrogens with zero attached hydrogens (tertiary/aromatic N) is 3. The Morgan fingerprint density at radius 2 is 2.04 bits per heavy atom. The van der Waals surface area contributed by atoms with Crippen LogP contribution in [0, 0.1) is 0 Å². The van der Waals surface area contributed by atoms with Crippen LogP contribution >= 0.6 is 11.8 Å². The predicted octanol–water partition coefficient (Wildman–Crippen LogP) is 3.60. The average Bonchev–Trinajstić information content (AvgIpc) is 3.08. The van der Waals surface area contributed by atoms with Crippen molar-refractivity contribution in [3.05, 3.63) is 77.7 Å². The third-order valence-corrected chi connectivity index (χ3v) is 4.83. The van der Waals surface area contributed by atoms with E-state index in [-0.39, 0.29) is 11.9 Å². The molecule has 2 aromatic heterocycles. The summed E-state index contributed by atoms with van der Waals surface area (Å²) in [5.41, 5.74) is 2.80. The molecule has 3 aromatic rings. The number of thioether (sulfide) groups is 1. The lowest BCUT2D eigenvalue weighted by atomic mass is 10.1. The van der Waals surface area contributed by atoms with Gasteiger partial charge in [-0.15, -0.1) is 11.8 Å². The summed E-state index contributed by atoms with van der Waals surface area (Å²) < 4.78 is 1.73. The first-order chi connectivity index (χ1) is 12.1. The molecule has 0 aliphatic rings. The molecule has 0 saturated heterocycles. The topological polar surface area (TPSA) is 59.8 Å². The molecule has 0 aliphatic carbocycles. The molecule has 0 fully saturated rings. The molecule has 0 spiro atoms. The number of carbonyl (C=O) groups excluding carboxylic acids is 1. The van der Waals surface area contributed by atoms with Crippen molar-refractivity contribution in [2.24, 2.45) is 7.05 Å². The maximum absolute atomic E-state index is 12.4. The van der Waals surface area contributed by atoms with E-state index in [0.717, 1.165) is 21.9 Å². The van der Waals surface area contributed by atoms with E-state index in [1.807, 2.05) is 62.6 Å². The van der Waals surface area contributed by atoms with Crippen LogP contribution in [0.5, 0.6) is 0 Å². The largest absolute Gasteiger partial charge is 0.345 e. The van der Waals surface area contributed by atoms with E-state index in [1.54, 1.807) is 28.8 Å². The van der Waals surface area contributed by atoms with Crippen LogP contribution in [-0.4, -0.2) is 20.7 Å². The average molecular weight is 352 g/mol. The van der Waals surface area contributed by atoms with Crippen molar-refractivity contribution in [1.82, 2.24) is 20.1 Å². The van der Waals surface area contributed by atoms with Crippen LogP contribution in [0.4, 0.5) is 0 Å². The fourth-order valence-corrected chi connectivity index (χ4v) is 3.19. The Labute approximate surface area is 151 Å². The van der Waals surface area contributed by atoms with Gasteiger partial charge in [-0.2, -0.15) is 5.10 Å². The maximum Gasteiger partial charge on any atom is 0.251 e. The van der Waals surface area contributed by atoms with Gasteiger partial charge in [-0.25, -0.2) is 4.98 Å². The lowest BCUT2D eigenvalue weighted by Crippen LogP contribution is -2.26. The van der Waals surface area contributed by atoms with E-state index in [2.05, 4.69) is 15.4 Å². The van der Waals surface area contributed by atoms with Gasteiger partial charge in [-0.05, 0) is 36.8 Å². The Morgan fingerprint density at radius 1 is 1.24 bits per heavy atom. The number of hydrogen-bond donors (Lipinski definition) is 1. The van der Waals surface area contributed by atoms with Crippen LogP contribution in [0.15, 0.2) is 66.1 Å². The number of amides is 1. The minimum absolute atomic E-state index is 0.0828. The van der Waals surface area contributed by atoms with Crippen LogP contribution in [0.2, 0.25) is 0 Å². The zero-order chi connectivity index (χ0) is 17.6. The Balaban J connectivity index is 1.57. The van der Waals surface area contributed by atoms with Gasteiger partial charge < -0.3 is 5.32 Å². The monoisotopic (exact) mass is 352 g/mol. The minimum atomic E-state index is -0.0831. The zero-order valence-electron chi connectivity index (χ0n) is 14.2. The standard InChI is InChI=1S/C19H20N4OS/c1-14(17-11-21-23(2)12-17)22-19(24)16-8-6-15(7-9-16)13-25-18-5-3-4-10-20-18/h3-12,14H,13H2,1-2H3,(H,22,24)/t14-/m0/s1. The number of pyridine rings is 1. The Hall–Kier alpha value is -2.60. The summed E-state index contributed by atoms with van der Waals surface area (Å²) in [6.07, 6.45) is 5.46. The van der Waals surface area contributed by atoms with Crippen molar-refractivity contribution in [1.29, 1.82) is 0 Å². The molecule has 1 atom stereocenters. The Bertz CT molecular complexity index is 830. The van der Waals surface area contributed by atoms with E-state index < -0.39 is 0 Å². The number of aromatic nitrogens is 3. The van der Waals surface area contributed by atoms with Gasteiger partial charge in [0.2, 0.25) is 0 Å². The summed E-state index contributed by atoms with van der Waals surface area (Å²) in [5.74, 6) is 0.741. The van der Waals surface area contributed by atoms with Gasteiger partial charge in [-0.3, -0.25) is 9.48 Å². The molecule has 5 nitrogen and oxygen atoms in total. The number of benzene rings is 1. The normalized spacial score (nSPS) is 11.9. The number of rotatable bonds is 6.